The summed E-state index contributed by atoms with van der Waals surface area (Å²) in [5.41, 5.74) is 2.36. The largest absolute Gasteiger partial charge is 0.377 e. The fourth-order valence-electron chi connectivity index (χ4n) is 3.63. The first-order valence-electron chi connectivity index (χ1n) is 8.00. The van der Waals surface area contributed by atoms with Crippen molar-refractivity contribution in [2.45, 2.75) is 63.5 Å². The highest BCUT2D eigenvalue weighted by atomic mass is 79.9. The highest BCUT2D eigenvalue weighted by molar-refractivity contribution is 9.10. The smallest absolute Gasteiger partial charge is 0.0834 e. The standard InChI is InChI=1S/C16H28BrN3O/c1-5-12-15(17)13(20(3)19-12)11-14(18-2)16(21-4)9-7-6-8-10-16/h14,18H,5-11H2,1-4H3. The van der Waals surface area contributed by atoms with Crippen LogP contribution in [0.3, 0.4) is 0 Å². The summed E-state index contributed by atoms with van der Waals surface area (Å²) >= 11 is 3.73. The minimum atomic E-state index is -0.0386. The number of ether oxygens (including phenoxy) is 1. The zero-order valence-electron chi connectivity index (χ0n) is 13.7. The fourth-order valence-corrected chi connectivity index (χ4v) is 4.41. The Hall–Kier alpha value is -0.390. The molecule has 0 amide bonds. The van der Waals surface area contributed by atoms with E-state index in [-0.39, 0.29) is 5.60 Å². The van der Waals surface area contributed by atoms with Crippen LogP contribution in [-0.4, -0.2) is 35.6 Å². The Morgan fingerprint density at radius 2 is 2.05 bits per heavy atom. The molecule has 0 aliphatic heterocycles. The summed E-state index contributed by atoms with van der Waals surface area (Å²) in [5.74, 6) is 0. The van der Waals surface area contributed by atoms with E-state index in [0.29, 0.717) is 6.04 Å². The second-order valence-electron chi connectivity index (χ2n) is 6.06. The average molecular weight is 358 g/mol. The van der Waals surface area contributed by atoms with E-state index in [4.69, 9.17) is 4.74 Å². The van der Waals surface area contributed by atoms with E-state index < -0.39 is 0 Å². The molecule has 1 aromatic heterocycles. The number of aromatic nitrogens is 2. The van der Waals surface area contributed by atoms with Crippen LogP contribution < -0.4 is 5.32 Å². The lowest BCUT2D eigenvalue weighted by molar-refractivity contribution is -0.0660. The van der Waals surface area contributed by atoms with E-state index >= 15 is 0 Å². The maximum absolute atomic E-state index is 6.01. The maximum Gasteiger partial charge on any atom is 0.0834 e. The Bertz CT molecular complexity index is 466. The van der Waals surface area contributed by atoms with Gasteiger partial charge >= 0.3 is 0 Å². The first-order valence-corrected chi connectivity index (χ1v) is 8.80. The molecular weight excluding hydrogens is 330 g/mol. The Balaban J connectivity index is 2.24. The molecule has 5 heteroatoms. The van der Waals surface area contributed by atoms with Gasteiger partial charge in [-0.3, -0.25) is 4.68 Å². The molecule has 0 saturated heterocycles. The van der Waals surface area contributed by atoms with Gasteiger partial charge in [-0.1, -0.05) is 26.2 Å². The number of hydrogen-bond acceptors (Lipinski definition) is 3. The molecule has 1 atom stereocenters. The van der Waals surface area contributed by atoms with Gasteiger partial charge in [0.15, 0.2) is 0 Å². The van der Waals surface area contributed by atoms with Crippen molar-refractivity contribution in [3.63, 3.8) is 0 Å². The van der Waals surface area contributed by atoms with Crippen molar-refractivity contribution in [1.29, 1.82) is 0 Å². The molecule has 0 aromatic carbocycles. The molecular formula is C16H28BrN3O. The summed E-state index contributed by atoms with van der Waals surface area (Å²) in [6.45, 7) is 2.14. The summed E-state index contributed by atoms with van der Waals surface area (Å²) in [5, 5.41) is 8.12. The van der Waals surface area contributed by atoms with Gasteiger partial charge in [0.1, 0.15) is 0 Å². The van der Waals surface area contributed by atoms with E-state index in [1.165, 1.54) is 25.0 Å². The third-order valence-corrected chi connectivity index (χ3v) is 5.91. The monoisotopic (exact) mass is 357 g/mol. The Morgan fingerprint density at radius 3 is 2.52 bits per heavy atom. The van der Waals surface area contributed by atoms with Crippen molar-refractivity contribution in [3.05, 3.63) is 15.9 Å². The van der Waals surface area contributed by atoms with Gasteiger partial charge in [0.05, 0.1) is 21.5 Å². The number of hydrogen-bond donors (Lipinski definition) is 1. The lowest BCUT2D eigenvalue weighted by atomic mass is 9.77. The quantitative estimate of drug-likeness (QED) is 0.849. The highest BCUT2D eigenvalue weighted by Crippen LogP contribution is 2.36. The zero-order chi connectivity index (χ0) is 15.5. The van der Waals surface area contributed by atoms with Crippen LogP contribution in [0.2, 0.25) is 0 Å². The molecule has 1 aromatic rings. The molecule has 1 N–H and O–H groups in total. The third kappa shape index (κ3) is 3.35. The predicted molar refractivity (Wildman–Crippen MR) is 89.7 cm³/mol. The molecule has 1 heterocycles. The first kappa shape index (κ1) is 17.0. The number of aryl methyl sites for hydroxylation is 2. The molecule has 1 aliphatic rings. The Labute approximate surface area is 136 Å². The molecule has 21 heavy (non-hydrogen) atoms. The lowest BCUT2D eigenvalue weighted by Crippen LogP contribution is -2.53. The fraction of sp³-hybridized carbons (Fsp3) is 0.812. The minimum Gasteiger partial charge on any atom is -0.377 e. The minimum absolute atomic E-state index is 0.0386. The second kappa shape index (κ2) is 7.25. The first-order chi connectivity index (χ1) is 10.1. The molecule has 4 nitrogen and oxygen atoms in total. The number of methoxy groups -OCH3 is 1. The summed E-state index contributed by atoms with van der Waals surface area (Å²) in [6.07, 6.45) is 8.03. The van der Waals surface area contributed by atoms with Crippen molar-refractivity contribution in [2.24, 2.45) is 7.05 Å². The van der Waals surface area contributed by atoms with Crippen molar-refractivity contribution < 1.29 is 4.74 Å². The van der Waals surface area contributed by atoms with Crippen LogP contribution in [0.25, 0.3) is 0 Å². The normalized spacial score (nSPS) is 19.7. The summed E-state index contributed by atoms with van der Waals surface area (Å²) < 4.78 is 9.18. The summed E-state index contributed by atoms with van der Waals surface area (Å²) in [6, 6.07) is 0.319. The van der Waals surface area contributed by atoms with E-state index in [1.54, 1.807) is 0 Å². The van der Waals surface area contributed by atoms with Gasteiger partial charge in [-0.25, -0.2) is 0 Å². The predicted octanol–water partition coefficient (Wildman–Crippen LogP) is 3.22. The van der Waals surface area contributed by atoms with Gasteiger partial charge in [-0.05, 0) is 42.2 Å². The molecule has 1 aliphatic carbocycles. The number of nitrogens with one attached hydrogen (secondary N) is 1. The van der Waals surface area contributed by atoms with Crippen molar-refractivity contribution in [1.82, 2.24) is 15.1 Å². The van der Waals surface area contributed by atoms with Crippen LogP contribution >= 0.6 is 15.9 Å². The zero-order valence-corrected chi connectivity index (χ0v) is 15.3. The Kier molecular flexibility index (Phi) is 5.86. The van der Waals surface area contributed by atoms with Crippen LogP contribution in [0.1, 0.15) is 50.4 Å². The molecule has 0 bridgehead atoms. The SMILES string of the molecule is CCc1nn(C)c(CC(NC)C2(OC)CCCCC2)c1Br. The van der Waals surface area contributed by atoms with Gasteiger partial charge in [0, 0.05) is 26.6 Å². The number of likely N-dealkylation sites (N-methyl/N-ethyl adjacent to an activating group) is 1. The molecule has 120 valence electrons. The number of halogens is 1. The molecule has 1 unspecified atom stereocenters. The lowest BCUT2D eigenvalue weighted by Gasteiger charge is -2.42. The van der Waals surface area contributed by atoms with Crippen LogP contribution in [0.5, 0.6) is 0 Å². The van der Waals surface area contributed by atoms with Gasteiger partial charge in [-0.2, -0.15) is 5.10 Å². The molecule has 1 fully saturated rings. The van der Waals surface area contributed by atoms with Gasteiger partial charge in [0.2, 0.25) is 0 Å². The highest BCUT2D eigenvalue weighted by Gasteiger charge is 2.40. The molecule has 0 radical (unpaired) electrons. The molecule has 1 saturated carbocycles. The number of nitrogens with zero attached hydrogens (tertiary/aromatic N) is 2. The summed E-state index contributed by atoms with van der Waals surface area (Å²) in [4.78, 5) is 0. The van der Waals surface area contributed by atoms with Crippen molar-refractivity contribution in [2.75, 3.05) is 14.2 Å². The van der Waals surface area contributed by atoms with E-state index in [9.17, 15) is 0 Å². The summed E-state index contributed by atoms with van der Waals surface area (Å²) in [7, 11) is 5.95. The second-order valence-corrected chi connectivity index (χ2v) is 6.85. The van der Waals surface area contributed by atoms with Crippen LogP contribution in [-0.2, 0) is 24.6 Å². The van der Waals surface area contributed by atoms with Gasteiger partial charge in [0.25, 0.3) is 0 Å². The van der Waals surface area contributed by atoms with Gasteiger partial charge < -0.3 is 10.1 Å². The topological polar surface area (TPSA) is 39.1 Å². The van der Waals surface area contributed by atoms with E-state index in [2.05, 4.69) is 33.3 Å². The van der Waals surface area contributed by atoms with Crippen LogP contribution in [0, 0.1) is 0 Å². The average Bonchev–Trinajstić information content (AvgIpc) is 2.79. The van der Waals surface area contributed by atoms with Crippen LogP contribution in [0.15, 0.2) is 4.47 Å². The van der Waals surface area contributed by atoms with Gasteiger partial charge in [-0.15, -0.1) is 0 Å². The maximum atomic E-state index is 6.01. The van der Waals surface area contributed by atoms with Crippen molar-refractivity contribution in [3.8, 4) is 0 Å². The van der Waals surface area contributed by atoms with E-state index in [0.717, 1.165) is 35.8 Å². The molecule has 2 rings (SSSR count). The Morgan fingerprint density at radius 1 is 1.38 bits per heavy atom. The third-order valence-electron chi connectivity index (χ3n) is 4.99. The number of rotatable bonds is 6. The van der Waals surface area contributed by atoms with Crippen molar-refractivity contribution >= 4 is 15.9 Å². The van der Waals surface area contributed by atoms with Crippen LogP contribution in [0.4, 0.5) is 0 Å². The molecule has 0 spiro atoms. The van der Waals surface area contributed by atoms with E-state index in [1.807, 2.05) is 25.9 Å².